The molecule has 1 aromatic carbocycles. The van der Waals surface area contributed by atoms with E-state index >= 15 is 0 Å². The molecule has 2 heteroatoms. The molecule has 0 radical (unpaired) electrons. The molecule has 0 N–H and O–H groups in total. The summed E-state index contributed by atoms with van der Waals surface area (Å²) in [5, 5.41) is 4.60. The van der Waals surface area contributed by atoms with Crippen LogP contribution >= 0.6 is 0 Å². The SMILES string of the molecule is C=CCCn1c(=C)c2cc(C)c(CN(C)CCC(C)C=CCC)cc2c1=C. The molecule has 0 bridgehead atoms. The van der Waals surface area contributed by atoms with E-state index in [1.54, 1.807) is 0 Å². The van der Waals surface area contributed by atoms with Crippen molar-refractivity contribution in [1.82, 2.24) is 9.47 Å². The summed E-state index contributed by atoms with van der Waals surface area (Å²) in [7, 11) is 2.22. The van der Waals surface area contributed by atoms with Crippen molar-refractivity contribution in [3.05, 3.63) is 58.8 Å². The van der Waals surface area contributed by atoms with Gasteiger partial charge in [-0.1, -0.05) is 45.2 Å². The monoisotopic (exact) mass is 364 g/mol. The van der Waals surface area contributed by atoms with Crippen molar-refractivity contribution >= 4 is 23.9 Å². The van der Waals surface area contributed by atoms with Crippen LogP contribution in [-0.4, -0.2) is 23.1 Å². The van der Waals surface area contributed by atoms with E-state index in [1.165, 1.54) is 28.3 Å². The van der Waals surface area contributed by atoms with Crippen molar-refractivity contribution in [3.63, 3.8) is 0 Å². The Hall–Kier alpha value is -2.06. The molecule has 146 valence electrons. The quantitative estimate of drug-likeness (QED) is 0.551. The minimum absolute atomic E-state index is 0.634. The maximum atomic E-state index is 4.33. The Balaban J connectivity index is 2.19. The fraction of sp³-hybridized carbons (Fsp3) is 0.440. The van der Waals surface area contributed by atoms with Gasteiger partial charge in [-0.3, -0.25) is 0 Å². The molecule has 0 amide bonds. The Morgan fingerprint density at radius 1 is 1.19 bits per heavy atom. The molecule has 1 aromatic heterocycles. The van der Waals surface area contributed by atoms with Crippen LogP contribution < -0.4 is 10.7 Å². The van der Waals surface area contributed by atoms with Crippen LogP contribution in [0.3, 0.4) is 0 Å². The third-order valence-electron chi connectivity index (χ3n) is 5.41. The maximum Gasteiger partial charge on any atom is 0.0418 e. The first kappa shape index (κ1) is 21.2. The summed E-state index contributed by atoms with van der Waals surface area (Å²) in [6, 6.07) is 4.61. The first-order chi connectivity index (χ1) is 12.9. The van der Waals surface area contributed by atoms with Gasteiger partial charge in [0, 0.05) is 34.6 Å². The highest BCUT2D eigenvalue weighted by molar-refractivity contribution is 5.85. The molecule has 0 spiro atoms. The second-order valence-corrected chi connectivity index (χ2v) is 7.79. The van der Waals surface area contributed by atoms with Crippen molar-refractivity contribution in [2.45, 2.75) is 53.1 Å². The van der Waals surface area contributed by atoms with Gasteiger partial charge in [-0.25, -0.2) is 0 Å². The largest absolute Gasteiger partial charge is 0.341 e. The van der Waals surface area contributed by atoms with Gasteiger partial charge in [-0.2, -0.15) is 0 Å². The molecular weight excluding hydrogens is 328 g/mol. The Morgan fingerprint density at radius 3 is 2.48 bits per heavy atom. The fourth-order valence-corrected chi connectivity index (χ4v) is 3.60. The number of hydrogen-bond donors (Lipinski definition) is 0. The lowest BCUT2D eigenvalue weighted by Crippen LogP contribution is -2.24. The van der Waals surface area contributed by atoms with E-state index in [2.05, 4.69) is 81.3 Å². The van der Waals surface area contributed by atoms with Gasteiger partial charge in [0.25, 0.3) is 0 Å². The van der Waals surface area contributed by atoms with Crippen molar-refractivity contribution < 1.29 is 0 Å². The van der Waals surface area contributed by atoms with E-state index in [0.29, 0.717) is 5.92 Å². The molecule has 27 heavy (non-hydrogen) atoms. The molecule has 1 unspecified atom stereocenters. The van der Waals surface area contributed by atoms with Gasteiger partial charge in [-0.15, -0.1) is 6.58 Å². The minimum atomic E-state index is 0.634. The fourth-order valence-electron chi connectivity index (χ4n) is 3.60. The van der Waals surface area contributed by atoms with Gasteiger partial charge >= 0.3 is 0 Å². The number of aromatic nitrogens is 1. The lowest BCUT2D eigenvalue weighted by Gasteiger charge is -2.19. The number of nitrogens with zero attached hydrogens (tertiary/aromatic N) is 2. The van der Waals surface area contributed by atoms with Crippen molar-refractivity contribution in [3.8, 4) is 0 Å². The van der Waals surface area contributed by atoms with Gasteiger partial charge in [0.2, 0.25) is 0 Å². The molecule has 0 saturated carbocycles. The van der Waals surface area contributed by atoms with Crippen molar-refractivity contribution in [1.29, 1.82) is 0 Å². The van der Waals surface area contributed by atoms with Crippen LogP contribution in [0.4, 0.5) is 0 Å². The number of allylic oxidation sites excluding steroid dienone is 3. The van der Waals surface area contributed by atoms with Crippen LogP contribution in [0, 0.1) is 12.8 Å². The van der Waals surface area contributed by atoms with Gasteiger partial charge in [0.1, 0.15) is 0 Å². The van der Waals surface area contributed by atoms with Gasteiger partial charge < -0.3 is 9.47 Å². The predicted octanol–water partition coefficient (Wildman–Crippen LogP) is 4.77. The van der Waals surface area contributed by atoms with E-state index in [4.69, 9.17) is 0 Å². The van der Waals surface area contributed by atoms with Crippen LogP contribution in [0.25, 0.3) is 23.9 Å². The number of hydrogen-bond acceptors (Lipinski definition) is 1. The van der Waals surface area contributed by atoms with Crippen LogP contribution in [0.15, 0.2) is 36.9 Å². The maximum absolute atomic E-state index is 4.33. The highest BCUT2D eigenvalue weighted by atomic mass is 15.1. The zero-order chi connectivity index (χ0) is 20.0. The molecule has 2 nitrogen and oxygen atoms in total. The number of benzene rings is 1. The smallest absolute Gasteiger partial charge is 0.0418 e. The van der Waals surface area contributed by atoms with E-state index in [0.717, 1.165) is 43.2 Å². The molecule has 0 aliphatic rings. The summed E-state index contributed by atoms with van der Waals surface area (Å²) in [5.41, 5.74) is 2.71. The topological polar surface area (TPSA) is 8.17 Å². The molecule has 1 heterocycles. The highest BCUT2D eigenvalue weighted by Gasteiger charge is 2.10. The normalized spacial score (nSPS) is 13.1. The second-order valence-electron chi connectivity index (χ2n) is 7.79. The third kappa shape index (κ3) is 5.23. The number of fused-ring (bicyclic) bond motifs is 1. The zero-order valence-corrected chi connectivity index (χ0v) is 17.7. The summed E-state index contributed by atoms with van der Waals surface area (Å²) in [4.78, 5) is 2.42. The van der Waals surface area contributed by atoms with E-state index < -0.39 is 0 Å². The Bertz CT molecular complexity index is 901. The average Bonchev–Trinajstić information content (AvgIpc) is 2.87. The van der Waals surface area contributed by atoms with Crippen molar-refractivity contribution in [2.24, 2.45) is 5.92 Å². The average molecular weight is 365 g/mol. The summed E-state index contributed by atoms with van der Waals surface area (Å²) >= 11 is 0. The summed E-state index contributed by atoms with van der Waals surface area (Å²) in [5.74, 6) is 0.634. The highest BCUT2D eigenvalue weighted by Crippen LogP contribution is 2.18. The summed E-state index contributed by atoms with van der Waals surface area (Å²) in [6.45, 7) is 22.1. The molecule has 2 rings (SSSR count). The Morgan fingerprint density at radius 2 is 1.85 bits per heavy atom. The number of rotatable bonds is 10. The first-order valence-electron chi connectivity index (χ1n) is 10.1. The van der Waals surface area contributed by atoms with Crippen molar-refractivity contribution in [2.75, 3.05) is 13.6 Å². The standard InChI is InChI=1S/C25H36N2/c1-8-10-12-19(3)13-15-26(7)18-23-17-25-22(6)27(14-11-9-2)21(5)24(25)16-20(23)4/h9-10,12,16-17,19H,2,5-6,8,11,13-15,18H2,1,3-4,7H3. The first-order valence-corrected chi connectivity index (χ1v) is 10.1. The molecular formula is C25H36N2. The molecule has 0 fully saturated rings. The molecule has 1 atom stereocenters. The molecule has 2 aromatic rings. The van der Waals surface area contributed by atoms with E-state index in [1.807, 2.05) is 6.08 Å². The number of aryl methyl sites for hydroxylation is 1. The second kappa shape index (κ2) is 9.75. The third-order valence-corrected chi connectivity index (χ3v) is 5.41. The predicted molar refractivity (Wildman–Crippen MR) is 121 cm³/mol. The molecule has 0 aliphatic carbocycles. The van der Waals surface area contributed by atoms with Gasteiger partial charge in [0.15, 0.2) is 0 Å². The van der Waals surface area contributed by atoms with Crippen LogP contribution in [0.5, 0.6) is 0 Å². The Kier molecular flexibility index (Phi) is 7.67. The van der Waals surface area contributed by atoms with Gasteiger partial charge in [0.05, 0.1) is 0 Å². The lowest BCUT2D eigenvalue weighted by molar-refractivity contribution is 0.309. The van der Waals surface area contributed by atoms with E-state index in [-0.39, 0.29) is 0 Å². The summed E-state index contributed by atoms with van der Waals surface area (Å²) in [6.07, 6.45) is 9.80. The van der Waals surface area contributed by atoms with Gasteiger partial charge in [-0.05, 0) is 69.0 Å². The van der Waals surface area contributed by atoms with Crippen LogP contribution in [0.1, 0.15) is 44.2 Å². The van der Waals surface area contributed by atoms with Crippen LogP contribution in [-0.2, 0) is 13.1 Å². The molecule has 0 saturated heterocycles. The zero-order valence-electron chi connectivity index (χ0n) is 17.7. The molecule has 0 aliphatic heterocycles. The lowest BCUT2D eigenvalue weighted by atomic mass is 10.0. The van der Waals surface area contributed by atoms with E-state index in [9.17, 15) is 0 Å². The Labute approximate surface area is 165 Å². The summed E-state index contributed by atoms with van der Waals surface area (Å²) < 4.78 is 2.22. The minimum Gasteiger partial charge on any atom is -0.341 e. The van der Waals surface area contributed by atoms with Crippen LogP contribution in [0.2, 0.25) is 0 Å².